The Hall–Kier alpha value is -1.72. The predicted octanol–water partition coefficient (Wildman–Crippen LogP) is 2.59. The Morgan fingerprint density at radius 3 is 3.05 bits per heavy atom. The second kappa shape index (κ2) is 5.34. The third-order valence-electron chi connectivity index (χ3n) is 3.59. The van der Waals surface area contributed by atoms with Gasteiger partial charge in [-0.1, -0.05) is 18.2 Å². The van der Waals surface area contributed by atoms with Gasteiger partial charge in [0.15, 0.2) is 5.13 Å². The summed E-state index contributed by atoms with van der Waals surface area (Å²) in [4.78, 5) is 16.8. The van der Waals surface area contributed by atoms with Crippen molar-refractivity contribution in [3.63, 3.8) is 0 Å². The van der Waals surface area contributed by atoms with Crippen molar-refractivity contribution < 1.29 is 4.79 Å². The van der Waals surface area contributed by atoms with Gasteiger partial charge in [0.1, 0.15) is 0 Å². The van der Waals surface area contributed by atoms with Crippen LogP contribution in [-0.2, 0) is 11.3 Å². The predicted molar refractivity (Wildman–Crippen MR) is 81.1 cm³/mol. The molecule has 2 aromatic rings. The molecule has 5 heteroatoms. The highest BCUT2D eigenvalue weighted by molar-refractivity contribution is 7.13. The lowest BCUT2D eigenvalue weighted by Crippen LogP contribution is -2.36. The summed E-state index contributed by atoms with van der Waals surface area (Å²) in [7, 11) is 0. The van der Waals surface area contributed by atoms with E-state index in [1.165, 1.54) is 22.5 Å². The maximum Gasteiger partial charge on any atom is 0.235 e. The van der Waals surface area contributed by atoms with E-state index >= 15 is 0 Å². The first-order valence-electron chi connectivity index (χ1n) is 6.67. The van der Waals surface area contributed by atoms with Gasteiger partial charge in [-0.05, 0) is 30.5 Å². The van der Waals surface area contributed by atoms with Crippen molar-refractivity contribution in [3.05, 3.63) is 46.0 Å². The molecule has 0 aliphatic carbocycles. The summed E-state index contributed by atoms with van der Waals surface area (Å²) in [6.07, 6.45) is 0. The van der Waals surface area contributed by atoms with Gasteiger partial charge in [-0.25, -0.2) is 4.98 Å². The Balaban J connectivity index is 1.87. The number of hydrogen-bond donors (Lipinski definition) is 2. The van der Waals surface area contributed by atoms with Crippen LogP contribution in [0.4, 0.5) is 5.13 Å². The number of nitrogens with zero attached hydrogens (tertiary/aromatic N) is 1. The summed E-state index contributed by atoms with van der Waals surface area (Å²) >= 11 is 1.46. The zero-order chi connectivity index (χ0) is 14.1. The zero-order valence-corrected chi connectivity index (χ0v) is 12.4. The Morgan fingerprint density at radius 2 is 2.30 bits per heavy atom. The molecule has 104 valence electrons. The molecular formula is C15H17N3OS. The number of thiazole rings is 1. The van der Waals surface area contributed by atoms with Gasteiger partial charge in [-0.3, -0.25) is 4.79 Å². The van der Waals surface area contributed by atoms with E-state index < -0.39 is 0 Å². The van der Waals surface area contributed by atoms with E-state index in [1.807, 2.05) is 18.4 Å². The molecule has 0 saturated carbocycles. The van der Waals surface area contributed by atoms with E-state index in [2.05, 4.69) is 34.7 Å². The van der Waals surface area contributed by atoms with Crippen LogP contribution in [0, 0.1) is 13.8 Å². The summed E-state index contributed by atoms with van der Waals surface area (Å²) in [5, 5.41) is 8.85. The van der Waals surface area contributed by atoms with Crippen molar-refractivity contribution in [2.24, 2.45) is 0 Å². The number of amides is 1. The normalized spacial score (nSPS) is 17.6. The number of hydrogen-bond acceptors (Lipinski definition) is 4. The Kier molecular flexibility index (Phi) is 3.54. The third kappa shape index (κ3) is 2.46. The van der Waals surface area contributed by atoms with Gasteiger partial charge < -0.3 is 10.6 Å². The minimum absolute atomic E-state index is 0.0158. The van der Waals surface area contributed by atoms with Crippen LogP contribution in [0.15, 0.2) is 23.6 Å². The maximum atomic E-state index is 12.5. The number of aryl methyl sites for hydroxylation is 2. The van der Waals surface area contributed by atoms with E-state index in [9.17, 15) is 4.79 Å². The first kappa shape index (κ1) is 13.3. The Bertz CT molecular complexity index is 650. The quantitative estimate of drug-likeness (QED) is 0.892. The highest BCUT2D eigenvalue weighted by atomic mass is 32.1. The average Bonchev–Trinajstić information content (AvgIpc) is 2.84. The van der Waals surface area contributed by atoms with Crippen LogP contribution in [0.2, 0.25) is 0 Å². The summed E-state index contributed by atoms with van der Waals surface area (Å²) in [5.41, 5.74) is 4.49. The molecule has 1 unspecified atom stereocenters. The van der Waals surface area contributed by atoms with Crippen LogP contribution in [-0.4, -0.2) is 17.4 Å². The number of fused-ring (bicyclic) bond motifs is 1. The van der Waals surface area contributed by atoms with Gasteiger partial charge in [0.05, 0.1) is 11.6 Å². The minimum atomic E-state index is -0.149. The third-order valence-corrected chi connectivity index (χ3v) is 4.47. The monoisotopic (exact) mass is 287 g/mol. The van der Waals surface area contributed by atoms with Crippen LogP contribution in [0.25, 0.3) is 0 Å². The van der Waals surface area contributed by atoms with Crippen molar-refractivity contribution in [1.29, 1.82) is 0 Å². The SMILES string of the molecule is Cc1csc(NC(=O)C2CNCc3cccc(C)c32)n1. The summed E-state index contributed by atoms with van der Waals surface area (Å²) in [6.45, 7) is 5.50. The van der Waals surface area contributed by atoms with E-state index in [0.29, 0.717) is 11.7 Å². The van der Waals surface area contributed by atoms with Crippen LogP contribution < -0.4 is 10.6 Å². The molecule has 3 rings (SSSR count). The number of rotatable bonds is 2. The standard InChI is InChI=1S/C15H17N3OS/c1-9-4-3-5-11-6-16-7-12(13(9)11)14(19)18-15-17-10(2)8-20-15/h3-5,8,12,16H,6-7H2,1-2H3,(H,17,18,19). The van der Waals surface area contributed by atoms with Gasteiger partial charge in [0, 0.05) is 18.5 Å². The molecule has 4 nitrogen and oxygen atoms in total. The van der Waals surface area contributed by atoms with Crippen molar-refractivity contribution in [2.75, 3.05) is 11.9 Å². The largest absolute Gasteiger partial charge is 0.312 e. The smallest absolute Gasteiger partial charge is 0.235 e. The fourth-order valence-corrected chi connectivity index (χ4v) is 3.37. The van der Waals surface area contributed by atoms with E-state index in [4.69, 9.17) is 0 Å². The first-order chi connectivity index (χ1) is 9.65. The van der Waals surface area contributed by atoms with Crippen LogP contribution in [0.3, 0.4) is 0 Å². The molecular weight excluding hydrogens is 270 g/mol. The molecule has 1 aliphatic heterocycles. The van der Waals surface area contributed by atoms with Crippen molar-refractivity contribution >= 4 is 22.4 Å². The van der Waals surface area contributed by atoms with Crippen molar-refractivity contribution in [1.82, 2.24) is 10.3 Å². The number of carbonyl (C=O) groups is 1. The summed E-state index contributed by atoms with van der Waals surface area (Å²) in [6, 6.07) is 6.20. The molecule has 0 spiro atoms. The van der Waals surface area contributed by atoms with Crippen LogP contribution in [0.5, 0.6) is 0 Å². The topological polar surface area (TPSA) is 54.0 Å². The van der Waals surface area contributed by atoms with Gasteiger partial charge in [-0.2, -0.15) is 0 Å². The molecule has 1 aliphatic rings. The Morgan fingerprint density at radius 1 is 1.45 bits per heavy atom. The molecule has 1 atom stereocenters. The first-order valence-corrected chi connectivity index (χ1v) is 7.55. The zero-order valence-electron chi connectivity index (χ0n) is 11.6. The molecule has 0 bridgehead atoms. The van der Waals surface area contributed by atoms with Gasteiger partial charge in [0.2, 0.25) is 5.91 Å². The minimum Gasteiger partial charge on any atom is -0.312 e. The van der Waals surface area contributed by atoms with E-state index in [-0.39, 0.29) is 11.8 Å². The lowest BCUT2D eigenvalue weighted by molar-refractivity contribution is -0.117. The molecule has 1 aromatic carbocycles. The lowest BCUT2D eigenvalue weighted by Gasteiger charge is -2.27. The fraction of sp³-hybridized carbons (Fsp3) is 0.333. The number of carbonyl (C=O) groups excluding carboxylic acids is 1. The maximum absolute atomic E-state index is 12.5. The van der Waals surface area contributed by atoms with E-state index in [0.717, 1.165) is 17.8 Å². The molecule has 1 amide bonds. The number of nitrogens with one attached hydrogen (secondary N) is 2. The molecule has 20 heavy (non-hydrogen) atoms. The van der Waals surface area contributed by atoms with Crippen LogP contribution >= 0.6 is 11.3 Å². The van der Waals surface area contributed by atoms with Crippen molar-refractivity contribution in [2.45, 2.75) is 26.3 Å². The number of benzene rings is 1. The highest BCUT2D eigenvalue weighted by Gasteiger charge is 2.28. The fourth-order valence-electron chi connectivity index (χ4n) is 2.68. The highest BCUT2D eigenvalue weighted by Crippen LogP contribution is 2.28. The van der Waals surface area contributed by atoms with Gasteiger partial charge in [-0.15, -0.1) is 11.3 Å². The van der Waals surface area contributed by atoms with Crippen molar-refractivity contribution in [3.8, 4) is 0 Å². The molecule has 0 fully saturated rings. The van der Waals surface area contributed by atoms with Gasteiger partial charge >= 0.3 is 0 Å². The number of aromatic nitrogens is 1. The van der Waals surface area contributed by atoms with E-state index in [1.54, 1.807) is 0 Å². The molecule has 1 aromatic heterocycles. The molecule has 2 N–H and O–H groups in total. The second-order valence-corrected chi connectivity index (χ2v) is 5.97. The number of anilines is 1. The average molecular weight is 287 g/mol. The lowest BCUT2D eigenvalue weighted by atomic mass is 9.87. The molecule has 0 saturated heterocycles. The second-order valence-electron chi connectivity index (χ2n) is 5.11. The molecule has 0 radical (unpaired) electrons. The van der Waals surface area contributed by atoms with Gasteiger partial charge in [0.25, 0.3) is 0 Å². The summed E-state index contributed by atoms with van der Waals surface area (Å²) in [5.74, 6) is -0.133. The molecule has 2 heterocycles. The Labute approximate surface area is 122 Å². The van der Waals surface area contributed by atoms with Crippen LogP contribution in [0.1, 0.15) is 28.3 Å². The summed E-state index contributed by atoms with van der Waals surface area (Å²) < 4.78 is 0.